The van der Waals surface area contributed by atoms with Gasteiger partial charge in [0.05, 0.1) is 21.9 Å². The number of hydrogen-bond donors (Lipinski definition) is 0. The highest BCUT2D eigenvalue weighted by molar-refractivity contribution is 6.31. The normalized spacial score (nSPS) is 13.4. The van der Waals surface area contributed by atoms with Crippen LogP contribution in [0.3, 0.4) is 0 Å². The van der Waals surface area contributed by atoms with Crippen molar-refractivity contribution in [3.63, 3.8) is 0 Å². The number of furan rings is 1. The molecule has 0 amide bonds. The lowest BCUT2D eigenvalue weighted by molar-refractivity contribution is 0.660. The lowest BCUT2D eigenvalue weighted by Gasteiger charge is -2.21. The predicted molar refractivity (Wildman–Crippen MR) is 259 cm³/mol. The van der Waals surface area contributed by atoms with Crippen LogP contribution < -0.4 is 0 Å². The van der Waals surface area contributed by atoms with E-state index in [1.807, 2.05) is 0 Å². The van der Waals surface area contributed by atoms with E-state index in [1.165, 1.54) is 49.3 Å². The number of fused-ring (bicyclic) bond motifs is 10. The molecule has 13 aromatic rings. The summed E-state index contributed by atoms with van der Waals surface area (Å²) < 4.78 is 9.00. The molecule has 0 bridgehead atoms. The molecule has 0 unspecified atom stereocenters. The summed E-state index contributed by atoms with van der Waals surface area (Å²) in [7, 11) is 0. The second-order valence-electron chi connectivity index (χ2n) is 17.5. The number of hydrogen-bond acceptors (Lipinski definition) is 4. The Hall–Kier alpha value is -8.15. The van der Waals surface area contributed by atoms with Crippen molar-refractivity contribution < 1.29 is 4.42 Å². The van der Waals surface area contributed by atoms with E-state index in [0.29, 0.717) is 17.5 Å². The molecule has 0 N–H and O–H groups in total. The Morgan fingerprint density at radius 2 is 1.06 bits per heavy atom. The van der Waals surface area contributed by atoms with E-state index >= 15 is 0 Å². The summed E-state index contributed by atoms with van der Waals surface area (Å²) in [5.74, 6) is 1.89. The molecule has 0 fully saturated rings. The summed E-state index contributed by atoms with van der Waals surface area (Å²) in [6, 6.07) is 65.2. The van der Waals surface area contributed by atoms with Crippen LogP contribution in [-0.4, -0.2) is 19.4 Å². The minimum absolute atomic E-state index is 0.170. The summed E-state index contributed by atoms with van der Waals surface area (Å²) in [5, 5.41) is 9.35. The van der Waals surface area contributed by atoms with Gasteiger partial charge in [-0.3, -0.25) is 0 Å². The van der Waals surface area contributed by atoms with Gasteiger partial charge >= 0.3 is 0 Å². The van der Waals surface area contributed by atoms with Crippen molar-refractivity contribution in [2.45, 2.75) is 19.3 Å². The van der Waals surface area contributed by atoms with Gasteiger partial charge in [-0.05, 0) is 104 Å². The van der Waals surface area contributed by atoms with Gasteiger partial charge in [-0.1, -0.05) is 141 Å². The van der Waals surface area contributed by atoms with Crippen LogP contribution >= 0.6 is 0 Å². The van der Waals surface area contributed by atoms with Gasteiger partial charge in [-0.2, -0.15) is 0 Å². The smallest absolute Gasteiger partial charge is 0.164 e. The Labute approximate surface area is 361 Å². The molecule has 5 nitrogen and oxygen atoms in total. The molecule has 63 heavy (non-hydrogen) atoms. The molecule has 0 aliphatic heterocycles. The van der Waals surface area contributed by atoms with Gasteiger partial charge in [-0.15, -0.1) is 0 Å². The third-order valence-corrected chi connectivity index (χ3v) is 13.8. The van der Waals surface area contributed by atoms with Gasteiger partial charge in [0.25, 0.3) is 0 Å². The monoisotopic (exact) mass is 804 g/mol. The fourth-order valence-corrected chi connectivity index (χ4v) is 10.8. The van der Waals surface area contributed by atoms with Crippen molar-refractivity contribution in [2.24, 2.45) is 0 Å². The van der Waals surface area contributed by atoms with Crippen LogP contribution in [0.25, 0.3) is 127 Å². The molecule has 1 aliphatic rings. The molecule has 14 rings (SSSR count). The van der Waals surface area contributed by atoms with Gasteiger partial charge < -0.3 is 8.82 Å². The first-order valence-electron chi connectivity index (χ1n) is 21.6. The van der Waals surface area contributed by atoms with E-state index < -0.39 is 0 Å². The Bertz CT molecular complexity index is 4080. The average molecular weight is 805 g/mol. The average Bonchev–Trinajstić information content (AvgIpc) is 3.93. The Morgan fingerprint density at radius 1 is 0.413 bits per heavy atom. The molecule has 5 heteroatoms. The maximum atomic E-state index is 6.58. The minimum atomic E-state index is -0.170. The van der Waals surface area contributed by atoms with Gasteiger partial charge in [0.15, 0.2) is 17.5 Å². The van der Waals surface area contributed by atoms with Crippen LogP contribution in [0.2, 0.25) is 0 Å². The topological polar surface area (TPSA) is 56.2 Å². The second kappa shape index (κ2) is 12.5. The first kappa shape index (κ1) is 34.6. The Morgan fingerprint density at radius 3 is 1.98 bits per heavy atom. The summed E-state index contributed by atoms with van der Waals surface area (Å²) in [4.78, 5) is 16.2. The zero-order valence-corrected chi connectivity index (χ0v) is 34.5. The standard InChI is InChI=1S/C58H36N4O/c1-58(2)45-20-7-5-17-42(45)51-43(19-10-21-46(51)58)57-60-55(37-15-9-14-35(31-37)36-25-24-33-12-3-4-13-34(33)30-36)59-56(61-57)38-26-28-48-44(32-38)40-18-11-23-49-52(40)53-50(63-49)29-27-41-39-16-6-8-22-47(39)62(48)54(41)53/h3-32H,1-2H3. The Balaban J connectivity index is 1.04. The van der Waals surface area contributed by atoms with E-state index in [9.17, 15) is 0 Å². The first-order chi connectivity index (χ1) is 31.0. The summed E-state index contributed by atoms with van der Waals surface area (Å²) >= 11 is 0. The number of para-hydroxylation sites is 1. The van der Waals surface area contributed by atoms with Gasteiger partial charge in [-0.25, -0.2) is 15.0 Å². The maximum Gasteiger partial charge on any atom is 0.164 e. The van der Waals surface area contributed by atoms with Crippen LogP contribution in [0, 0.1) is 0 Å². The molecule has 0 atom stereocenters. The fourth-order valence-electron chi connectivity index (χ4n) is 10.8. The van der Waals surface area contributed by atoms with E-state index in [-0.39, 0.29) is 5.41 Å². The third-order valence-electron chi connectivity index (χ3n) is 13.8. The van der Waals surface area contributed by atoms with Crippen molar-refractivity contribution in [2.75, 3.05) is 0 Å². The summed E-state index contributed by atoms with van der Waals surface area (Å²) in [6.07, 6.45) is 0. The van der Waals surface area contributed by atoms with Crippen LogP contribution in [0.1, 0.15) is 25.0 Å². The molecule has 0 saturated heterocycles. The third kappa shape index (κ3) is 4.79. The summed E-state index contributed by atoms with van der Waals surface area (Å²) in [6.45, 7) is 4.63. The largest absolute Gasteiger partial charge is 0.456 e. The molecule has 9 aromatic carbocycles. The van der Waals surface area contributed by atoms with Crippen molar-refractivity contribution in [3.8, 4) is 56.4 Å². The first-order valence-corrected chi connectivity index (χ1v) is 21.6. The van der Waals surface area contributed by atoms with Crippen LogP contribution in [0.15, 0.2) is 186 Å². The van der Waals surface area contributed by atoms with Crippen LogP contribution in [0.4, 0.5) is 0 Å². The number of nitrogens with zero attached hydrogens (tertiary/aromatic N) is 4. The molecule has 4 aromatic heterocycles. The zero-order valence-electron chi connectivity index (χ0n) is 34.5. The van der Waals surface area contributed by atoms with Gasteiger partial charge in [0, 0.05) is 43.7 Å². The van der Waals surface area contributed by atoms with Crippen molar-refractivity contribution in [3.05, 3.63) is 193 Å². The van der Waals surface area contributed by atoms with Crippen molar-refractivity contribution in [1.82, 2.24) is 19.4 Å². The summed E-state index contributed by atoms with van der Waals surface area (Å²) in [5.41, 5.74) is 15.1. The highest BCUT2D eigenvalue weighted by Gasteiger charge is 2.37. The highest BCUT2D eigenvalue weighted by Crippen LogP contribution is 2.52. The molecular formula is C58H36N4O. The molecule has 294 valence electrons. The molecule has 1 aliphatic carbocycles. The maximum absolute atomic E-state index is 6.58. The lowest BCUT2D eigenvalue weighted by atomic mass is 9.82. The molecule has 4 heterocycles. The fraction of sp³-hybridized carbons (Fsp3) is 0.0517. The highest BCUT2D eigenvalue weighted by atomic mass is 16.3. The van der Waals surface area contributed by atoms with E-state index in [1.54, 1.807) is 0 Å². The number of rotatable bonds is 4. The van der Waals surface area contributed by atoms with Gasteiger partial charge in [0.2, 0.25) is 0 Å². The lowest BCUT2D eigenvalue weighted by Crippen LogP contribution is -2.14. The molecule has 0 saturated carbocycles. The van der Waals surface area contributed by atoms with E-state index in [4.69, 9.17) is 19.4 Å². The number of aromatic nitrogens is 4. The SMILES string of the molecule is CC1(C)c2ccccc2-c2c(-c3nc(-c4cccc(-c5ccc6ccccc6c5)c4)nc(-c4ccc5c(c4)c4cccc6oc7ccc8c9ccccc9n5c8c7c64)n3)cccc21. The quantitative estimate of drug-likeness (QED) is 0.178. The molecule has 0 radical (unpaired) electrons. The van der Waals surface area contributed by atoms with Gasteiger partial charge in [0.1, 0.15) is 11.2 Å². The minimum Gasteiger partial charge on any atom is -0.456 e. The van der Waals surface area contributed by atoms with Crippen molar-refractivity contribution >= 4 is 70.8 Å². The molecule has 0 spiro atoms. The predicted octanol–water partition coefficient (Wildman–Crippen LogP) is 15.0. The van der Waals surface area contributed by atoms with Crippen molar-refractivity contribution in [1.29, 1.82) is 0 Å². The second-order valence-corrected chi connectivity index (χ2v) is 17.5. The Kier molecular flexibility index (Phi) is 6.84. The van der Waals surface area contributed by atoms with E-state index in [2.05, 4.69) is 200 Å². The molecular weight excluding hydrogens is 769 g/mol. The van der Waals surface area contributed by atoms with Crippen LogP contribution in [-0.2, 0) is 5.41 Å². The van der Waals surface area contributed by atoms with Crippen LogP contribution in [0.5, 0.6) is 0 Å². The zero-order chi connectivity index (χ0) is 41.6. The van der Waals surface area contributed by atoms with E-state index in [0.717, 1.165) is 71.6 Å². The number of benzene rings is 9.